The Morgan fingerprint density at radius 1 is 0.720 bits per heavy atom. The number of aryl methyl sites for hydroxylation is 1. The number of benzene rings is 1. The number of piperidine rings is 1. The Balaban J connectivity index is 1.93. The number of carbonyl (C=O) groups is 5. The number of hydrogen-bond acceptors (Lipinski definition) is 10. The lowest BCUT2D eigenvalue weighted by atomic mass is 9.74. The normalized spacial score (nSPS) is 27.2. The number of rotatable bonds is 6. The molecular formula is C39H57NO10. The van der Waals surface area contributed by atoms with Crippen LogP contribution in [0.1, 0.15) is 119 Å². The van der Waals surface area contributed by atoms with Crippen molar-refractivity contribution in [3.8, 4) is 0 Å². The molecule has 11 nitrogen and oxygen atoms in total. The molecule has 0 N–H and O–H groups in total. The van der Waals surface area contributed by atoms with Crippen molar-refractivity contribution >= 4 is 29.8 Å². The van der Waals surface area contributed by atoms with Crippen LogP contribution in [0.15, 0.2) is 18.2 Å². The van der Waals surface area contributed by atoms with Gasteiger partial charge < -0.3 is 28.6 Å². The average molecular weight is 700 g/mol. The smallest absolute Gasteiger partial charge is 0.311 e. The van der Waals surface area contributed by atoms with Gasteiger partial charge in [-0.05, 0) is 125 Å². The molecule has 2 bridgehead atoms. The highest BCUT2D eigenvalue weighted by Crippen LogP contribution is 2.47. The van der Waals surface area contributed by atoms with Crippen LogP contribution in [-0.2, 0) is 54.1 Å². The summed E-state index contributed by atoms with van der Waals surface area (Å²) >= 11 is 0. The number of fused-ring (bicyclic) bond motifs is 4. The van der Waals surface area contributed by atoms with Crippen molar-refractivity contribution < 1.29 is 47.7 Å². The minimum absolute atomic E-state index is 0.107. The molecule has 4 rings (SSSR count). The Kier molecular flexibility index (Phi) is 10.9. The Labute approximate surface area is 297 Å². The summed E-state index contributed by atoms with van der Waals surface area (Å²) in [5.74, 6) is -2.55. The predicted molar refractivity (Wildman–Crippen MR) is 184 cm³/mol. The first-order valence-corrected chi connectivity index (χ1v) is 17.7. The number of esters is 4. The number of likely N-dealkylation sites (tertiary alicyclic amines) is 1. The summed E-state index contributed by atoms with van der Waals surface area (Å²) in [6.07, 6.45) is -5.03. The van der Waals surface area contributed by atoms with Crippen LogP contribution < -0.4 is 0 Å². The van der Waals surface area contributed by atoms with Crippen LogP contribution in [0.25, 0.3) is 0 Å². The number of nitrogens with zero attached hydrogens (tertiary/aromatic N) is 1. The summed E-state index contributed by atoms with van der Waals surface area (Å²) in [4.78, 5) is 69.9. The highest BCUT2D eigenvalue weighted by Gasteiger charge is 2.58. The first kappa shape index (κ1) is 39.3. The second-order valence-electron chi connectivity index (χ2n) is 18.2. The molecule has 3 aliphatic rings. The molecule has 0 aromatic heterocycles. The van der Waals surface area contributed by atoms with Crippen LogP contribution in [0.5, 0.6) is 0 Å². The van der Waals surface area contributed by atoms with Crippen LogP contribution >= 0.6 is 0 Å². The molecule has 0 saturated carbocycles. The molecule has 1 aromatic carbocycles. The molecule has 2 fully saturated rings. The lowest BCUT2D eigenvalue weighted by Gasteiger charge is -2.53. The van der Waals surface area contributed by atoms with E-state index in [1.807, 2.05) is 25.1 Å². The molecule has 7 atom stereocenters. The molecule has 2 heterocycles. The first-order chi connectivity index (χ1) is 22.8. The number of amides is 1. The minimum Gasteiger partial charge on any atom is -0.462 e. The summed E-state index contributed by atoms with van der Waals surface area (Å²) in [5.41, 5.74) is -0.604. The van der Waals surface area contributed by atoms with E-state index in [1.54, 1.807) is 88.0 Å². The Morgan fingerprint density at radius 2 is 1.22 bits per heavy atom. The molecule has 1 aliphatic carbocycles. The molecule has 2 unspecified atom stereocenters. The van der Waals surface area contributed by atoms with E-state index >= 15 is 0 Å². The fourth-order valence-electron chi connectivity index (χ4n) is 6.33. The van der Waals surface area contributed by atoms with E-state index in [1.165, 1.54) is 0 Å². The summed E-state index contributed by atoms with van der Waals surface area (Å²) < 4.78 is 31.0. The van der Waals surface area contributed by atoms with E-state index in [4.69, 9.17) is 23.7 Å². The molecule has 0 radical (unpaired) electrons. The average Bonchev–Trinajstić information content (AvgIpc) is 2.96. The highest BCUT2D eigenvalue weighted by atomic mass is 16.7. The monoisotopic (exact) mass is 699 g/mol. The van der Waals surface area contributed by atoms with E-state index in [9.17, 15) is 24.0 Å². The van der Waals surface area contributed by atoms with Gasteiger partial charge in [0.25, 0.3) is 0 Å². The van der Waals surface area contributed by atoms with Gasteiger partial charge in [-0.2, -0.15) is 0 Å². The molecule has 278 valence electrons. The van der Waals surface area contributed by atoms with Gasteiger partial charge in [0.15, 0.2) is 24.5 Å². The largest absolute Gasteiger partial charge is 0.462 e. The van der Waals surface area contributed by atoms with Crippen LogP contribution in [0, 0.1) is 34.5 Å². The van der Waals surface area contributed by atoms with Gasteiger partial charge in [0.2, 0.25) is 5.91 Å². The van der Waals surface area contributed by atoms with Gasteiger partial charge in [-0.25, -0.2) is 0 Å². The van der Waals surface area contributed by atoms with E-state index in [2.05, 4.69) is 0 Å². The Hall–Kier alpha value is -3.47. The molecule has 11 heteroatoms. The topological polar surface area (TPSA) is 135 Å². The van der Waals surface area contributed by atoms with Crippen molar-refractivity contribution in [3.05, 3.63) is 34.9 Å². The van der Waals surface area contributed by atoms with Crippen molar-refractivity contribution in [3.63, 3.8) is 0 Å². The zero-order valence-electron chi connectivity index (χ0n) is 32.1. The van der Waals surface area contributed by atoms with E-state index in [0.717, 1.165) is 23.1 Å². The maximum Gasteiger partial charge on any atom is 0.311 e. The Morgan fingerprint density at radius 3 is 1.74 bits per heavy atom. The molecular weight excluding hydrogens is 642 g/mol. The molecule has 50 heavy (non-hydrogen) atoms. The summed E-state index contributed by atoms with van der Waals surface area (Å²) in [5, 5.41) is 0. The van der Waals surface area contributed by atoms with Gasteiger partial charge in [0, 0.05) is 6.42 Å². The second-order valence-corrected chi connectivity index (χ2v) is 18.2. The number of hydrogen-bond donors (Lipinski definition) is 0. The van der Waals surface area contributed by atoms with Crippen molar-refractivity contribution in [2.24, 2.45) is 27.6 Å². The molecule has 1 aromatic rings. The SMILES string of the molecule is Cc1cccc2c1CC1CC(=O)N([C@@H]3O[C@H](COC(=O)C(C)(C)C)[C@H](OC(=O)C(C)(C)C)[C@H](OC(=O)C(C)(C)C)[C@H]3OC(=O)C(C)(C)C)C2C1. The third kappa shape index (κ3) is 8.52. The van der Waals surface area contributed by atoms with E-state index in [0.29, 0.717) is 6.42 Å². The quantitative estimate of drug-likeness (QED) is 0.256. The van der Waals surface area contributed by atoms with Crippen LogP contribution in [-0.4, -0.2) is 71.9 Å². The predicted octanol–water partition coefficient (Wildman–Crippen LogP) is 6.02. The molecule has 1 amide bonds. The second kappa shape index (κ2) is 13.9. The van der Waals surface area contributed by atoms with Crippen LogP contribution in [0.4, 0.5) is 0 Å². The minimum atomic E-state index is -1.43. The van der Waals surface area contributed by atoms with Gasteiger partial charge in [0.05, 0.1) is 27.7 Å². The van der Waals surface area contributed by atoms with Gasteiger partial charge in [-0.1, -0.05) is 18.2 Å². The third-order valence-electron chi connectivity index (χ3n) is 9.38. The maximum absolute atomic E-state index is 14.2. The van der Waals surface area contributed by atoms with Gasteiger partial charge in [-0.3, -0.25) is 24.0 Å². The van der Waals surface area contributed by atoms with Crippen molar-refractivity contribution in [2.75, 3.05) is 6.61 Å². The van der Waals surface area contributed by atoms with Gasteiger partial charge in [-0.15, -0.1) is 0 Å². The van der Waals surface area contributed by atoms with Crippen molar-refractivity contribution in [1.29, 1.82) is 0 Å². The summed E-state index contributed by atoms with van der Waals surface area (Å²) in [7, 11) is 0. The summed E-state index contributed by atoms with van der Waals surface area (Å²) in [6.45, 7) is 21.9. The molecule has 2 saturated heterocycles. The maximum atomic E-state index is 14.2. The zero-order valence-corrected chi connectivity index (χ0v) is 32.1. The van der Waals surface area contributed by atoms with E-state index < -0.39 is 82.2 Å². The standard InChI is InChI=1S/C39H57NO10/c1-21-15-14-16-23-24(21)17-22-18-25(23)40(27(41)19-22)31-30(50-35(45)39(11,12)13)29(49-34(44)38(8,9)10)28(48-33(43)37(5,6)7)26(47-31)20-46-32(42)36(2,3)4/h14-16,22,25-26,28-31H,17-20H2,1-13H3/t22?,25?,26-,28+,29+,30-,31-/m1/s1. The van der Waals surface area contributed by atoms with Gasteiger partial charge in [0.1, 0.15) is 12.7 Å². The third-order valence-corrected chi connectivity index (χ3v) is 9.38. The van der Waals surface area contributed by atoms with Gasteiger partial charge >= 0.3 is 23.9 Å². The van der Waals surface area contributed by atoms with E-state index in [-0.39, 0.29) is 24.9 Å². The van der Waals surface area contributed by atoms with Crippen LogP contribution in [0.3, 0.4) is 0 Å². The van der Waals surface area contributed by atoms with Crippen molar-refractivity contribution in [1.82, 2.24) is 4.90 Å². The Bertz CT molecular complexity index is 1490. The van der Waals surface area contributed by atoms with Crippen LogP contribution in [0.2, 0.25) is 0 Å². The highest BCUT2D eigenvalue weighted by molar-refractivity contribution is 5.80. The first-order valence-electron chi connectivity index (χ1n) is 17.7. The lowest BCUT2D eigenvalue weighted by molar-refractivity contribution is -0.287. The molecule has 0 spiro atoms. The molecule has 2 aliphatic heterocycles. The number of carbonyl (C=O) groups excluding carboxylic acids is 5. The zero-order chi connectivity index (χ0) is 37.7. The number of ether oxygens (including phenoxy) is 5. The van der Waals surface area contributed by atoms with Crippen molar-refractivity contribution in [2.45, 2.75) is 146 Å². The lowest BCUT2D eigenvalue weighted by Crippen LogP contribution is -2.68. The summed E-state index contributed by atoms with van der Waals surface area (Å²) in [6, 6.07) is 5.57. The fraction of sp³-hybridized carbons (Fsp3) is 0.718. The fourth-order valence-corrected chi connectivity index (χ4v) is 6.33.